The molecule has 0 aromatic heterocycles. The van der Waals surface area contributed by atoms with Crippen LogP contribution in [0.25, 0.3) is 11.1 Å². The van der Waals surface area contributed by atoms with Crippen molar-refractivity contribution in [3.05, 3.63) is 155 Å². The minimum Gasteiger partial charge on any atom is -0.296 e. The molecule has 5 rings (SSSR count). The number of aryl methyl sites for hydroxylation is 4. The van der Waals surface area contributed by atoms with Crippen LogP contribution in [0.1, 0.15) is 39.4 Å². The SMILES string of the molecule is Cc1cc(C)cc(P(=O)(N[C@@H](c2ccccc2)c2ccc(-c3ccccc3)cc2)c2cc(C)cc(C)c2)c1. The molecular formula is C35H34NOP. The van der Waals surface area contributed by atoms with Crippen molar-refractivity contribution in [2.45, 2.75) is 33.7 Å². The molecule has 0 heterocycles. The predicted molar refractivity (Wildman–Crippen MR) is 162 cm³/mol. The van der Waals surface area contributed by atoms with E-state index >= 15 is 4.57 Å². The summed E-state index contributed by atoms with van der Waals surface area (Å²) >= 11 is 0. The van der Waals surface area contributed by atoms with E-state index in [4.69, 9.17) is 0 Å². The second-order valence-corrected chi connectivity index (χ2v) is 12.8. The van der Waals surface area contributed by atoms with E-state index in [1.165, 1.54) is 5.56 Å². The van der Waals surface area contributed by atoms with Crippen molar-refractivity contribution in [2.75, 3.05) is 0 Å². The van der Waals surface area contributed by atoms with Crippen molar-refractivity contribution in [3.8, 4) is 11.1 Å². The Morgan fingerprint density at radius 1 is 0.500 bits per heavy atom. The number of hydrogen-bond donors (Lipinski definition) is 1. The second-order valence-electron chi connectivity index (χ2n) is 10.3. The van der Waals surface area contributed by atoms with Gasteiger partial charge in [0.05, 0.1) is 6.04 Å². The predicted octanol–water partition coefficient (Wildman–Crippen LogP) is 8.20. The average Bonchev–Trinajstić information content (AvgIpc) is 2.92. The molecule has 0 radical (unpaired) electrons. The summed E-state index contributed by atoms with van der Waals surface area (Å²) in [6.07, 6.45) is 0. The molecule has 0 aliphatic heterocycles. The van der Waals surface area contributed by atoms with E-state index in [1.54, 1.807) is 0 Å². The Hall–Kier alpha value is -3.71. The molecule has 0 bridgehead atoms. The maximum atomic E-state index is 15.4. The molecular weight excluding hydrogens is 481 g/mol. The minimum absolute atomic E-state index is 0.256. The molecule has 0 spiro atoms. The monoisotopic (exact) mass is 515 g/mol. The molecule has 0 amide bonds. The van der Waals surface area contributed by atoms with Crippen molar-refractivity contribution in [1.82, 2.24) is 5.09 Å². The van der Waals surface area contributed by atoms with Gasteiger partial charge in [0.15, 0.2) is 0 Å². The summed E-state index contributed by atoms with van der Waals surface area (Å²) in [6.45, 7) is 8.28. The van der Waals surface area contributed by atoms with E-state index in [1.807, 2.05) is 24.3 Å². The molecule has 0 saturated heterocycles. The molecule has 1 atom stereocenters. The van der Waals surface area contributed by atoms with Gasteiger partial charge in [0.25, 0.3) is 0 Å². The Morgan fingerprint density at radius 3 is 1.37 bits per heavy atom. The third kappa shape index (κ3) is 5.58. The van der Waals surface area contributed by atoms with Crippen molar-refractivity contribution in [3.63, 3.8) is 0 Å². The van der Waals surface area contributed by atoms with Crippen LogP contribution >= 0.6 is 7.29 Å². The van der Waals surface area contributed by atoms with Crippen LogP contribution in [0.3, 0.4) is 0 Å². The summed E-state index contributed by atoms with van der Waals surface area (Å²) in [4.78, 5) is 0. The molecule has 0 unspecified atom stereocenters. The molecule has 0 aliphatic rings. The Labute approximate surface area is 226 Å². The van der Waals surface area contributed by atoms with Crippen LogP contribution in [-0.4, -0.2) is 0 Å². The minimum atomic E-state index is -3.24. The molecule has 2 nitrogen and oxygen atoms in total. The van der Waals surface area contributed by atoms with Crippen LogP contribution < -0.4 is 15.7 Å². The highest BCUT2D eigenvalue weighted by molar-refractivity contribution is 7.77. The standard InChI is InChI=1S/C35H34NOP/c1-25-19-26(2)22-33(21-25)38(37,34-23-27(3)20-28(4)24-34)36-35(31-13-9-6-10-14-31)32-17-15-30(16-18-32)29-11-7-5-8-12-29/h5-24,35H,1-4H3,(H,36,37)/t35-/m0/s1. The third-order valence-electron chi connectivity index (χ3n) is 6.94. The van der Waals surface area contributed by atoms with E-state index in [2.05, 4.69) is 130 Å². The van der Waals surface area contributed by atoms with Crippen LogP contribution in [0.5, 0.6) is 0 Å². The molecule has 38 heavy (non-hydrogen) atoms. The van der Waals surface area contributed by atoms with Crippen LogP contribution in [0.15, 0.2) is 121 Å². The van der Waals surface area contributed by atoms with Crippen molar-refractivity contribution in [2.24, 2.45) is 0 Å². The van der Waals surface area contributed by atoms with E-state index < -0.39 is 7.29 Å². The van der Waals surface area contributed by atoms with Gasteiger partial charge in [-0.25, -0.2) is 5.09 Å². The lowest BCUT2D eigenvalue weighted by atomic mass is 9.97. The first kappa shape index (κ1) is 25.9. The van der Waals surface area contributed by atoms with E-state index in [0.29, 0.717) is 0 Å². The molecule has 5 aromatic carbocycles. The molecule has 1 N–H and O–H groups in total. The zero-order chi connectivity index (χ0) is 26.7. The molecule has 190 valence electrons. The second kappa shape index (κ2) is 11.0. The average molecular weight is 516 g/mol. The summed E-state index contributed by atoms with van der Waals surface area (Å²) in [5.74, 6) is 0. The Kier molecular flexibility index (Phi) is 7.47. The number of rotatable bonds is 7. The van der Waals surface area contributed by atoms with Gasteiger partial charge in [-0.2, -0.15) is 0 Å². The first-order chi connectivity index (χ1) is 18.3. The third-order valence-corrected chi connectivity index (χ3v) is 9.53. The van der Waals surface area contributed by atoms with Crippen molar-refractivity contribution >= 4 is 17.9 Å². The van der Waals surface area contributed by atoms with Crippen molar-refractivity contribution < 1.29 is 4.57 Å². The van der Waals surface area contributed by atoms with Gasteiger partial charge in [0.2, 0.25) is 7.29 Å². The van der Waals surface area contributed by atoms with Crippen LogP contribution in [0.2, 0.25) is 0 Å². The van der Waals surface area contributed by atoms with Gasteiger partial charge in [-0.05, 0) is 74.2 Å². The summed E-state index contributed by atoms with van der Waals surface area (Å²) < 4.78 is 15.4. The lowest BCUT2D eigenvalue weighted by Crippen LogP contribution is -2.32. The fraction of sp³-hybridized carbons (Fsp3) is 0.143. The van der Waals surface area contributed by atoms with Crippen LogP contribution in [-0.2, 0) is 4.57 Å². The molecule has 0 saturated carbocycles. The largest absolute Gasteiger partial charge is 0.296 e. The number of hydrogen-bond acceptors (Lipinski definition) is 1. The van der Waals surface area contributed by atoms with Gasteiger partial charge in [0.1, 0.15) is 0 Å². The highest BCUT2D eigenvalue weighted by atomic mass is 31.2. The zero-order valence-electron chi connectivity index (χ0n) is 22.5. The molecule has 3 heteroatoms. The van der Waals surface area contributed by atoms with Gasteiger partial charge in [-0.3, -0.25) is 4.57 Å². The van der Waals surface area contributed by atoms with Crippen LogP contribution in [0, 0.1) is 27.7 Å². The fourth-order valence-electron chi connectivity index (χ4n) is 5.23. The summed E-state index contributed by atoms with van der Waals surface area (Å²) in [7, 11) is -3.24. The Balaban J connectivity index is 1.66. The molecule has 5 aromatic rings. The van der Waals surface area contributed by atoms with Crippen LogP contribution in [0.4, 0.5) is 0 Å². The first-order valence-corrected chi connectivity index (χ1v) is 14.8. The van der Waals surface area contributed by atoms with E-state index in [9.17, 15) is 0 Å². The number of nitrogens with one attached hydrogen (secondary N) is 1. The fourth-order valence-corrected chi connectivity index (χ4v) is 8.03. The lowest BCUT2D eigenvalue weighted by molar-refractivity contribution is 0.572. The van der Waals surface area contributed by atoms with E-state index in [0.717, 1.165) is 49.6 Å². The number of benzene rings is 5. The summed E-state index contributed by atoms with van der Waals surface area (Å²) in [5.41, 5.74) is 8.92. The highest BCUT2D eigenvalue weighted by Gasteiger charge is 2.32. The van der Waals surface area contributed by atoms with Gasteiger partial charge in [-0.1, -0.05) is 119 Å². The maximum Gasteiger partial charge on any atom is 0.205 e. The highest BCUT2D eigenvalue weighted by Crippen LogP contribution is 2.44. The normalized spacial score (nSPS) is 12.3. The summed E-state index contributed by atoms with van der Waals surface area (Å²) in [6, 6.07) is 41.6. The maximum absolute atomic E-state index is 15.4. The first-order valence-electron chi connectivity index (χ1n) is 13.1. The lowest BCUT2D eigenvalue weighted by Gasteiger charge is -2.29. The molecule has 0 aliphatic carbocycles. The van der Waals surface area contributed by atoms with Crippen molar-refractivity contribution in [1.29, 1.82) is 0 Å². The van der Waals surface area contributed by atoms with Gasteiger partial charge in [-0.15, -0.1) is 0 Å². The smallest absolute Gasteiger partial charge is 0.205 e. The topological polar surface area (TPSA) is 29.1 Å². The molecule has 0 fully saturated rings. The quantitative estimate of drug-likeness (QED) is 0.221. The van der Waals surface area contributed by atoms with E-state index in [-0.39, 0.29) is 6.04 Å². The zero-order valence-corrected chi connectivity index (χ0v) is 23.4. The summed E-state index contributed by atoms with van der Waals surface area (Å²) in [5, 5.41) is 5.39. The Bertz CT molecular complexity index is 1500. The van der Waals surface area contributed by atoms with Gasteiger partial charge in [0, 0.05) is 10.6 Å². The Morgan fingerprint density at radius 2 is 0.895 bits per heavy atom. The van der Waals surface area contributed by atoms with Gasteiger partial charge < -0.3 is 0 Å². The van der Waals surface area contributed by atoms with Gasteiger partial charge >= 0.3 is 0 Å².